The number of pyridine rings is 3. The number of benzene rings is 1. The monoisotopic (exact) mass is 1840 g/mol. The highest BCUT2D eigenvalue weighted by molar-refractivity contribution is 6.01. The van der Waals surface area contributed by atoms with Gasteiger partial charge in [0.15, 0.2) is 34.2 Å². The zero-order valence-electron chi connectivity index (χ0n) is 78.0. The zero-order valence-corrected chi connectivity index (χ0v) is 78.0. The van der Waals surface area contributed by atoms with E-state index in [9.17, 15) is 34.6 Å². The van der Waals surface area contributed by atoms with E-state index in [1.807, 2.05) is 85.2 Å². The Balaban J connectivity index is 0.0000000997. The van der Waals surface area contributed by atoms with Crippen LogP contribution in [0.1, 0.15) is 185 Å². The summed E-state index contributed by atoms with van der Waals surface area (Å²) in [5, 5.41) is 55.9. The first kappa shape index (κ1) is 85.9. The Morgan fingerprint density at radius 2 is 0.956 bits per heavy atom. The van der Waals surface area contributed by atoms with Gasteiger partial charge in [-0.3, -0.25) is 23.6 Å². The van der Waals surface area contributed by atoms with Gasteiger partial charge in [0.25, 0.3) is 5.91 Å². The highest BCUT2D eigenvalue weighted by Crippen LogP contribution is 2.69. The molecule has 8 unspecified atom stereocenters. The number of hydrogen-bond donors (Lipinski definition) is 5. The van der Waals surface area contributed by atoms with Gasteiger partial charge in [0, 0.05) is 93.1 Å². The van der Waals surface area contributed by atoms with Crippen LogP contribution in [0.15, 0.2) is 122 Å². The van der Waals surface area contributed by atoms with Crippen molar-refractivity contribution in [3.05, 3.63) is 173 Å². The van der Waals surface area contributed by atoms with Crippen LogP contribution in [0.2, 0.25) is 0 Å². The molecule has 12 aromatic rings. The van der Waals surface area contributed by atoms with Gasteiger partial charge < -0.3 is 51.2 Å². The molecule has 16 saturated carbocycles. The minimum absolute atomic E-state index is 0.0384. The van der Waals surface area contributed by atoms with Crippen molar-refractivity contribution in [3.63, 3.8) is 0 Å². The molecule has 16 aliphatic carbocycles. The van der Waals surface area contributed by atoms with Crippen molar-refractivity contribution >= 4 is 110 Å². The van der Waals surface area contributed by atoms with E-state index in [1.54, 1.807) is 71.2 Å². The predicted octanol–water partition coefficient (Wildman–Crippen LogP) is 14.6. The van der Waals surface area contributed by atoms with Gasteiger partial charge in [-0.15, -0.1) is 0 Å². The number of nitriles is 3. The Morgan fingerprint density at radius 1 is 0.504 bits per heavy atom. The second-order valence-electron chi connectivity index (χ2n) is 42.9. The summed E-state index contributed by atoms with van der Waals surface area (Å²) >= 11 is 0. The van der Waals surface area contributed by atoms with Gasteiger partial charge in [-0.05, 0) is 269 Å². The highest BCUT2D eigenvalue weighted by Gasteiger charge is 2.67. The van der Waals surface area contributed by atoms with E-state index >= 15 is 0 Å². The number of ether oxygens (including phenoxy) is 2. The quantitative estimate of drug-likeness (QED) is 0.0595. The number of aromatic nitrogens is 19. The third-order valence-corrected chi connectivity index (χ3v) is 34.3. The van der Waals surface area contributed by atoms with E-state index in [-0.39, 0.29) is 67.9 Å². The van der Waals surface area contributed by atoms with Gasteiger partial charge in [0.2, 0.25) is 29.7 Å². The molecule has 6 N–H and O–H groups in total. The first-order valence-corrected chi connectivity index (χ1v) is 48.0. The number of carbonyl (C=O) groups excluding carboxylic acids is 2. The Morgan fingerprint density at radius 3 is 1.47 bits per heavy atom. The van der Waals surface area contributed by atoms with Gasteiger partial charge in [0.05, 0.1) is 106 Å². The average molecular weight is 1840 g/mol. The second-order valence-corrected chi connectivity index (χ2v) is 42.9. The maximum atomic E-state index is 14.4. The van der Waals surface area contributed by atoms with Crippen LogP contribution in [0, 0.1) is 143 Å². The molecule has 11 aromatic heterocycles. The summed E-state index contributed by atoms with van der Waals surface area (Å²) in [7, 11) is 7.27. The fourth-order valence-corrected chi connectivity index (χ4v) is 30.0. The smallest absolute Gasteiger partial charge is 0.330 e. The topological polar surface area (TPSA) is 432 Å². The Kier molecular flexibility index (Phi) is 19.4. The van der Waals surface area contributed by atoms with Crippen LogP contribution in [0.3, 0.4) is 0 Å². The lowest BCUT2D eigenvalue weighted by Gasteiger charge is -2.63. The number of anilines is 12. The summed E-state index contributed by atoms with van der Waals surface area (Å²) < 4.78 is 35.3. The number of amides is 2. The molecule has 37 heteroatoms. The van der Waals surface area contributed by atoms with E-state index in [0.717, 1.165) is 237 Å². The molecule has 31 rings (SSSR count). The van der Waals surface area contributed by atoms with Gasteiger partial charge >= 0.3 is 5.69 Å². The van der Waals surface area contributed by atoms with E-state index in [4.69, 9.17) is 35.1 Å². The maximum Gasteiger partial charge on any atom is 0.330 e. The molecule has 19 aliphatic rings. The maximum absolute atomic E-state index is 14.4. The molecule has 16 bridgehead atoms. The molecule has 16 fully saturated rings. The average Bonchev–Trinajstić information content (AvgIpc) is 1.66. The van der Waals surface area contributed by atoms with Crippen molar-refractivity contribution in [1.29, 1.82) is 15.8 Å². The number of nitrogens with one attached hydrogen (secondary N) is 4. The van der Waals surface area contributed by atoms with Crippen molar-refractivity contribution in [3.8, 4) is 18.2 Å². The third-order valence-electron chi connectivity index (χ3n) is 34.3. The van der Waals surface area contributed by atoms with Crippen molar-refractivity contribution in [1.82, 2.24) is 92.8 Å². The molecule has 14 heterocycles. The normalized spacial score (nSPS) is 30.5. The fourth-order valence-electron chi connectivity index (χ4n) is 30.0. The van der Waals surface area contributed by atoms with Crippen LogP contribution in [0.4, 0.5) is 74.1 Å². The molecular formula is C100H108FN31O5. The Labute approximate surface area is 788 Å². The number of allylic oxidation sites excluding steroid dienone is 1. The summed E-state index contributed by atoms with van der Waals surface area (Å²) in [4.78, 5) is 97.5. The number of rotatable bonds is 15. The number of fused-ring (bicyclic) bond motifs is 7. The van der Waals surface area contributed by atoms with Crippen LogP contribution in [-0.2, 0) is 39.7 Å². The number of nitrogens with two attached hydrogens (primary N) is 1. The largest absolute Gasteiger partial charge is 0.366 e. The molecule has 0 spiro atoms. The van der Waals surface area contributed by atoms with Gasteiger partial charge in [-0.2, -0.15) is 51.0 Å². The number of imidazole rings is 1. The molecule has 8 atom stereocenters. The SMILES string of the molecule is C=C1Cc2cnc(Nc3cn4ncnc4cc3C)nc2N1C12CC3CC(CC(C#N)(C3)C1)C2.C=C1N(C)c2cnc(Nc3cc(F)c(C(N)=O)cc3C)nc2N1C12CC3CC(CC(C#N)(C3)C1)C2.COC1(OC)C2CC3CC1CC(n1c(=O)n(C)c4cnc(Nc5cn6ncnc6cc5C)nc41)(C3)C2.Cc1cc2ncnn2cc1Nc1ncc2c(n1)N(C1C3CC4CC1CC(C#N)(C4)C3)C(=O)C2. The number of primary amides is 1. The lowest BCUT2D eigenvalue weighted by Crippen LogP contribution is -2.66. The molecule has 36 nitrogen and oxygen atoms in total. The number of halogens is 1. The van der Waals surface area contributed by atoms with Crippen LogP contribution >= 0.6 is 0 Å². The van der Waals surface area contributed by atoms with Crippen LogP contribution in [-0.4, -0.2) is 149 Å². The third kappa shape index (κ3) is 13.6. The predicted molar refractivity (Wildman–Crippen MR) is 506 cm³/mol. The van der Waals surface area contributed by atoms with Crippen molar-refractivity contribution in [2.45, 2.75) is 210 Å². The lowest BCUT2D eigenvalue weighted by atomic mass is 9.47. The summed E-state index contributed by atoms with van der Waals surface area (Å²) in [5.41, 5.74) is 18.4. The summed E-state index contributed by atoms with van der Waals surface area (Å²) in [6, 6.07) is 16.8. The van der Waals surface area contributed by atoms with E-state index in [2.05, 4.69) is 113 Å². The Bertz CT molecular complexity index is 7270. The Hall–Kier alpha value is -14.0. The molecular weight excluding hydrogens is 1730 g/mol. The fraction of sp³-hybridized carbons (Fsp3) is 0.500. The molecule has 137 heavy (non-hydrogen) atoms. The van der Waals surface area contributed by atoms with Gasteiger partial charge in [0.1, 0.15) is 53.5 Å². The van der Waals surface area contributed by atoms with Crippen LogP contribution in [0.5, 0.6) is 0 Å². The standard InChI is InChI=1S/C26H28FN7O.C25H30N8O3.C25H26N8.C24H24N8O/c1-14-4-18(22(29)35)19(27)6-20(14)31-24-30-11-21-23(32-24)34(15(2)33(21)3)26-9-16-5-17(10-26)8-25(7-16,12-26)13-28;1-14-5-20-27-13-28-32(20)12-18(14)29-22-26-11-19-21(30-22)33(23(34)31(19)2)24-8-15-6-16(9-24)25(35-3,36-4)17(7-15)10-24;1-15-3-21-28-14-29-32(21)11-20(15)30-23-27-10-19-4-16(2)33(22(19)31-23)25-8-17-5-18(9-25)7-24(6-17,12-25)13-26;1-13-2-19-27-12-28-31(19)10-18(13)29-23-26-9-17-5-20(33)32(22(17)30-23)21-15-3-14-4-16(21)8-24(6-14,7-15)11-25/h4,6,11,16-17H,2,5,7-10,12H2,1,3H3,(H2,29,35)(H,30,31,32);5,11-13,15-17H,6-10H2,1-4H3,(H,26,29,30);3,10-11,14,17-18H,2,4-9,12H2,1H3,(H,27,30,31);2,9-10,12,14-16,21H,3-8H2,1H3,(H,26,29,30). The summed E-state index contributed by atoms with van der Waals surface area (Å²) in [6.45, 7) is 16.6. The summed E-state index contributed by atoms with van der Waals surface area (Å²) in [6.07, 6.45) is 41.2. The van der Waals surface area contributed by atoms with Crippen molar-refractivity contribution < 1.29 is 23.5 Å². The zero-order chi connectivity index (χ0) is 94.2. The van der Waals surface area contributed by atoms with Gasteiger partial charge in [-0.1, -0.05) is 13.2 Å². The minimum atomic E-state index is -0.811. The number of carbonyl (C=O) groups is 2. The lowest BCUT2D eigenvalue weighted by molar-refractivity contribution is -0.328. The second kappa shape index (κ2) is 31.0. The van der Waals surface area contributed by atoms with E-state index in [1.165, 1.54) is 37.6 Å². The van der Waals surface area contributed by atoms with Crippen molar-refractivity contribution in [2.75, 3.05) is 62.1 Å². The number of aryl methyl sites for hydroxylation is 5. The van der Waals surface area contributed by atoms with Crippen LogP contribution in [0.25, 0.3) is 28.1 Å². The first-order chi connectivity index (χ1) is 66.0. The molecule has 0 radical (unpaired) electrons. The number of methoxy groups -OCH3 is 2. The summed E-state index contributed by atoms with van der Waals surface area (Å²) in [5.74, 6) is 7.97. The molecule has 3 aliphatic heterocycles. The van der Waals surface area contributed by atoms with Crippen LogP contribution < -0.4 is 52.3 Å². The van der Waals surface area contributed by atoms with Gasteiger partial charge in [-0.25, -0.2) is 57.6 Å². The molecule has 700 valence electrons. The van der Waals surface area contributed by atoms with Crippen molar-refractivity contribution in [2.24, 2.45) is 88.2 Å². The molecule has 1 aromatic carbocycles. The van der Waals surface area contributed by atoms with E-state index in [0.29, 0.717) is 94.5 Å². The minimum Gasteiger partial charge on any atom is -0.366 e. The van der Waals surface area contributed by atoms with E-state index < -0.39 is 17.5 Å². The molecule has 2 amide bonds. The number of hydrogen-bond acceptors (Lipinski definition) is 29. The molecule has 0 saturated heterocycles. The first-order valence-electron chi connectivity index (χ1n) is 48.0. The highest BCUT2D eigenvalue weighted by atomic mass is 19.1. The number of nitrogens with zero attached hydrogens (tertiary/aromatic N) is 26.